The number of nitrogens with zero attached hydrogens (tertiary/aromatic N) is 4. The van der Waals surface area contributed by atoms with Gasteiger partial charge >= 0.3 is 0 Å². The van der Waals surface area contributed by atoms with E-state index in [1.807, 2.05) is 0 Å². The van der Waals surface area contributed by atoms with E-state index in [9.17, 15) is 9.90 Å². The van der Waals surface area contributed by atoms with Crippen molar-refractivity contribution in [2.45, 2.75) is 5.16 Å². The molecule has 0 radical (unpaired) electrons. The smallest absolute Gasteiger partial charge is 0.234 e. The number of nitrogens with one attached hydrogen (secondary N) is 1. The SMILES string of the molecule is O=C(CSc1nnnn1-c1ccccc1O)Nc1ccccc1Cl. The molecule has 0 unspecified atom stereocenters. The summed E-state index contributed by atoms with van der Waals surface area (Å²) in [5.74, 6) is -0.0914. The number of halogens is 1. The maximum absolute atomic E-state index is 12.1. The van der Waals surface area contributed by atoms with E-state index in [-0.39, 0.29) is 17.4 Å². The molecule has 1 aromatic heterocycles. The Hall–Kier alpha value is -2.58. The minimum atomic E-state index is -0.236. The Morgan fingerprint density at radius 1 is 1.21 bits per heavy atom. The molecule has 0 aliphatic rings. The summed E-state index contributed by atoms with van der Waals surface area (Å²) in [5.41, 5.74) is 0.988. The molecule has 0 fully saturated rings. The molecule has 122 valence electrons. The standard InChI is InChI=1S/C15H12ClN5O2S/c16-10-5-1-2-6-11(10)17-14(23)9-24-15-18-19-20-21(15)12-7-3-4-8-13(12)22/h1-8,22H,9H2,(H,17,23). The summed E-state index contributed by atoms with van der Waals surface area (Å²) < 4.78 is 1.38. The molecule has 0 saturated heterocycles. The summed E-state index contributed by atoms with van der Waals surface area (Å²) in [6.45, 7) is 0. The summed E-state index contributed by atoms with van der Waals surface area (Å²) in [7, 11) is 0. The molecule has 0 aliphatic heterocycles. The van der Waals surface area contributed by atoms with Crippen LogP contribution >= 0.6 is 23.4 Å². The summed E-state index contributed by atoms with van der Waals surface area (Å²) in [4.78, 5) is 12.1. The number of para-hydroxylation sites is 3. The van der Waals surface area contributed by atoms with E-state index < -0.39 is 0 Å². The van der Waals surface area contributed by atoms with Gasteiger partial charge in [0.25, 0.3) is 0 Å². The van der Waals surface area contributed by atoms with Crippen molar-refractivity contribution in [2.75, 3.05) is 11.1 Å². The van der Waals surface area contributed by atoms with E-state index in [1.165, 1.54) is 10.7 Å². The van der Waals surface area contributed by atoms with Crippen LogP contribution in [0.15, 0.2) is 53.7 Å². The lowest BCUT2D eigenvalue weighted by molar-refractivity contribution is -0.113. The van der Waals surface area contributed by atoms with E-state index in [4.69, 9.17) is 11.6 Å². The van der Waals surface area contributed by atoms with Gasteiger partial charge in [-0.3, -0.25) is 4.79 Å². The summed E-state index contributed by atoms with van der Waals surface area (Å²) in [5, 5.41) is 24.8. The fraction of sp³-hybridized carbons (Fsp3) is 0.0667. The van der Waals surface area contributed by atoms with Crippen LogP contribution < -0.4 is 5.32 Å². The molecule has 0 atom stereocenters. The van der Waals surface area contributed by atoms with E-state index in [0.717, 1.165) is 11.8 Å². The number of hydrogen-bond acceptors (Lipinski definition) is 6. The van der Waals surface area contributed by atoms with Gasteiger partial charge < -0.3 is 10.4 Å². The van der Waals surface area contributed by atoms with Crippen LogP contribution in [0.1, 0.15) is 0 Å². The van der Waals surface area contributed by atoms with Gasteiger partial charge in [-0.15, -0.1) is 5.10 Å². The molecule has 0 aliphatic carbocycles. The van der Waals surface area contributed by atoms with Crippen LogP contribution in [0.3, 0.4) is 0 Å². The van der Waals surface area contributed by atoms with Crippen LogP contribution in [0.2, 0.25) is 5.02 Å². The number of phenols is 1. The Morgan fingerprint density at radius 2 is 1.96 bits per heavy atom. The number of aromatic hydroxyl groups is 1. The zero-order valence-electron chi connectivity index (χ0n) is 12.3. The average Bonchev–Trinajstić information content (AvgIpc) is 3.04. The molecular weight excluding hydrogens is 350 g/mol. The third kappa shape index (κ3) is 3.66. The molecule has 0 bridgehead atoms. The lowest BCUT2D eigenvalue weighted by Crippen LogP contribution is -2.14. The molecular formula is C15H12ClN5O2S. The predicted molar refractivity (Wildman–Crippen MR) is 91.6 cm³/mol. The van der Waals surface area contributed by atoms with Crippen molar-refractivity contribution in [3.05, 3.63) is 53.6 Å². The molecule has 9 heteroatoms. The van der Waals surface area contributed by atoms with Crippen molar-refractivity contribution < 1.29 is 9.90 Å². The van der Waals surface area contributed by atoms with Crippen molar-refractivity contribution in [3.8, 4) is 11.4 Å². The Morgan fingerprint density at radius 3 is 2.75 bits per heavy atom. The maximum atomic E-state index is 12.1. The highest BCUT2D eigenvalue weighted by Gasteiger charge is 2.14. The van der Waals surface area contributed by atoms with Crippen molar-refractivity contribution in [2.24, 2.45) is 0 Å². The molecule has 24 heavy (non-hydrogen) atoms. The van der Waals surface area contributed by atoms with E-state index >= 15 is 0 Å². The highest BCUT2D eigenvalue weighted by Crippen LogP contribution is 2.25. The van der Waals surface area contributed by atoms with Crippen LogP contribution in [0.5, 0.6) is 5.75 Å². The van der Waals surface area contributed by atoms with Crippen LogP contribution in [0.25, 0.3) is 5.69 Å². The second-order valence-electron chi connectivity index (χ2n) is 4.68. The summed E-state index contributed by atoms with van der Waals surface area (Å²) in [6, 6.07) is 13.7. The predicted octanol–water partition coefficient (Wildman–Crippen LogP) is 2.75. The van der Waals surface area contributed by atoms with Gasteiger partial charge in [-0.05, 0) is 34.7 Å². The highest BCUT2D eigenvalue weighted by molar-refractivity contribution is 7.99. The van der Waals surface area contributed by atoms with Crippen molar-refractivity contribution in [1.29, 1.82) is 0 Å². The molecule has 3 rings (SSSR count). The van der Waals surface area contributed by atoms with Crippen LogP contribution in [0, 0.1) is 0 Å². The van der Waals surface area contributed by atoms with Gasteiger partial charge in [0.15, 0.2) is 0 Å². The zero-order chi connectivity index (χ0) is 16.9. The van der Waals surface area contributed by atoms with E-state index in [1.54, 1.807) is 42.5 Å². The van der Waals surface area contributed by atoms with Gasteiger partial charge in [-0.25, -0.2) is 0 Å². The number of rotatable bonds is 5. The van der Waals surface area contributed by atoms with Crippen molar-refractivity contribution in [1.82, 2.24) is 20.2 Å². The maximum Gasteiger partial charge on any atom is 0.234 e. The summed E-state index contributed by atoms with van der Waals surface area (Å²) in [6.07, 6.45) is 0. The molecule has 1 heterocycles. The van der Waals surface area contributed by atoms with Crippen molar-refractivity contribution >= 4 is 35.0 Å². The molecule has 3 aromatic rings. The Kier molecular flexibility index (Phi) is 4.97. The minimum absolute atomic E-state index is 0.0483. The zero-order valence-corrected chi connectivity index (χ0v) is 13.8. The fourth-order valence-corrected chi connectivity index (χ4v) is 2.81. The fourth-order valence-electron chi connectivity index (χ4n) is 1.94. The quantitative estimate of drug-likeness (QED) is 0.679. The first kappa shape index (κ1) is 16.3. The lowest BCUT2D eigenvalue weighted by Gasteiger charge is -2.07. The number of aromatic nitrogens is 4. The van der Waals surface area contributed by atoms with Gasteiger partial charge in [-0.1, -0.05) is 47.6 Å². The van der Waals surface area contributed by atoms with Gasteiger partial charge in [0.05, 0.1) is 16.5 Å². The monoisotopic (exact) mass is 361 g/mol. The van der Waals surface area contributed by atoms with Gasteiger partial charge in [-0.2, -0.15) is 4.68 Å². The Balaban J connectivity index is 1.68. The number of benzene rings is 2. The second-order valence-corrected chi connectivity index (χ2v) is 6.03. The number of tetrazole rings is 1. The Labute approximate surface area is 146 Å². The molecule has 7 nitrogen and oxygen atoms in total. The number of hydrogen-bond donors (Lipinski definition) is 2. The Bertz CT molecular complexity index is 870. The van der Waals surface area contributed by atoms with E-state index in [0.29, 0.717) is 21.6 Å². The molecule has 0 spiro atoms. The van der Waals surface area contributed by atoms with Crippen LogP contribution in [-0.2, 0) is 4.79 Å². The molecule has 2 aromatic carbocycles. The molecule has 0 saturated carbocycles. The summed E-state index contributed by atoms with van der Waals surface area (Å²) >= 11 is 7.16. The number of carbonyl (C=O) groups excluding carboxylic acids is 1. The molecule has 2 N–H and O–H groups in total. The normalized spacial score (nSPS) is 10.5. The van der Waals surface area contributed by atoms with Crippen molar-refractivity contribution in [3.63, 3.8) is 0 Å². The third-order valence-electron chi connectivity index (χ3n) is 3.03. The lowest BCUT2D eigenvalue weighted by atomic mass is 10.3. The topological polar surface area (TPSA) is 92.9 Å². The number of thioether (sulfide) groups is 1. The second kappa shape index (κ2) is 7.33. The van der Waals surface area contributed by atoms with Crippen LogP contribution in [-0.4, -0.2) is 37.0 Å². The van der Waals surface area contributed by atoms with Gasteiger partial charge in [0.2, 0.25) is 11.1 Å². The van der Waals surface area contributed by atoms with Crippen LogP contribution in [0.4, 0.5) is 5.69 Å². The number of anilines is 1. The molecule has 1 amide bonds. The van der Waals surface area contributed by atoms with Gasteiger partial charge in [0, 0.05) is 0 Å². The first-order chi connectivity index (χ1) is 11.6. The average molecular weight is 362 g/mol. The first-order valence-corrected chi connectivity index (χ1v) is 8.25. The van der Waals surface area contributed by atoms with E-state index in [2.05, 4.69) is 20.8 Å². The largest absolute Gasteiger partial charge is 0.506 e. The first-order valence-electron chi connectivity index (χ1n) is 6.89. The number of carbonyl (C=O) groups is 1. The minimum Gasteiger partial charge on any atom is -0.506 e. The van der Waals surface area contributed by atoms with Gasteiger partial charge in [0.1, 0.15) is 11.4 Å². The number of amides is 1. The highest BCUT2D eigenvalue weighted by atomic mass is 35.5. The third-order valence-corrected chi connectivity index (χ3v) is 4.28. The number of phenolic OH excluding ortho intramolecular Hbond substituents is 1.